The van der Waals surface area contributed by atoms with E-state index in [1.54, 1.807) is 0 Å². The predicted octanol–water partition coefficient (Wildman–Crippen LogP) is 4.77. The number of nitriles is 1. The lowest BCUT2D eigenvalue weighted by atomic mass is 9.70. The van der Waals surface area contributed by atoms with E-state index in [1.165, 1.54) is 43.2 Å². The molecule has 198 valence electrons. The summed E-state index contributed by atoms with van der Waals surface area (Å²) in [5.74, 6) is 1.66. The van der Waals surface area contributed by atoms with Crippen molar-refractivity contribution in [1.82, 2.24) is 19.4 Å². The zero-order chi connectivity index (χ0) is 26.1. The average molecular weight is 510 g/mol. The number of rotatable bonds is 6. The van der Waals surface area contributed by atoms with E-state index >= 15 is 0 Å². The molecule has 2 aromatic carbocycles. The third kappa shape index (κ3) is 4.56. The highest BCUT2D eigenvalue weighted by atomic mass is 15.3. The van der Waals surface area contributed by atoms with Crippen LogP contribution >= 0.6 is 0 Å². The van der Waals surface area contributed by atoms with Gasteiger partial charge < -0.3 is 15.2 Å². The van der Waals surface area contributed by atoms with Crippen molar-refractivity contribution in [2.24, 2.45) is 10.7 Å². The van der Waals surface area contributed by atoms with Crippen LogP contribution in [0.1, 0.15) is 62.4 Å². The van der Waals surface area contributed by atoms with Crippen LogP contribution in [-0.4, -0.2) is 63.6 Å². The fourth-order valence-electron chi connectivity index (χ4n) is 7.65. The molecule has 0 amide bonds. The second-order valence-electron chi connectivity index (χ2n) is 11.5. The fourth-order valence-corrected chi connectivity index (χ4v) is 7.65. The Balaban J connectivity index is 1.17. The van der Waals surface area contributed by atoms with E-state index in [9.17, 15) is 0 Å². The molecule has 0 saturated carbocycles. The van der Waals surface area contributed by atoms with E-state index in [0.717, 1.165) is 43.8 Å². The summed E-state index contributed by atoms with van der Waals surface area (Å²) in [4.78, 5) is 14.1. The number of hydrogen-bond donors (Lipinski definition) is 1. The molecule has 3 fully saturated rings. The molecule has 0 aliphatic carbocycles. The van der Waals surface area contributed by atoms with Crippen molar-refractivity contribution >= 4 is 17.0 Å². The van der Waals surface area contributed by atoms with Gasteiger partial charge in [-0.1, -0.05) is 42.5 Å². The largest absolute Gasteiger partial charge is 0.370 e. The second kappa shape index (κ2) is 10.4. The van der Waals surface area contributed by atoms with Crippen LogP contribution in [0.2, 0.25) is 0 Å². The van der Waals surface area contributed by atoms with Crippen molar-refractivity contribution < 1.29 is 0 Å². The van der Waals surface area contributed by atoms with Crippen LogP contribution in [0.15, 0.2) is 59.6 Å². The normalized spacial score (nSPS) is 25.5. The van der Waals surface area contributed by atoms with Gasteiger partial charge in [0.25, 0.3) is 0 Å². The summed E-state index contributed by atoms with van der Waals surface area (Å²) in [7, 11) is 0. The average Bonchev–Trinajstić information content (AvgIpc) is 3.41. The highest BCUT2D eigenvalue weighted by molar-refractivity contribution is 5.78. The number of guanidine groups is 1. The van der Waals surface area contributed by atoms with Crippen molar-refractivity contribution in [2.75, 3.05) is 26.2 Å². The van der Waals surface area contributed by atoms with Gasteiger partial charge in [-0.15, -0.1) is 0 Å². The Bertz CT molecular complexity index is 1320. The van der Waals surface area contributed by atoms with Crippen LogP contribution in [0.25, 0.3) is 11.0 Å². The topological polar surface area (TPSA) is 86.5 Å². The number of hydrogen-bond acceptors (Lipinski definition) is 4. The van der Waals surface area contributed by atoms with Gasteiger partial charge >= 0.3 is 0 Å². The molecule has 7 nitrogen and oxygen atoms in total. The van der Waals surface area contributed by atoms with Crippen molar-refractivity contribution in [1.29, 1.82) is 5.26 Å². The number of benzene rings is 2. The Hall–Kier alpha value is -3.37. The Morgan fingerprint density at radius 3 is 2.42 bits per heavy atom. The van der Waals surface area contributed by atoms with Crippen LogP contribution < -0.4 is 5.73 Å². The van der Waals surface area contributed by atoms with Gasteiger partial charge in [0, 0.05) is 31.2 Å². The smallest absolute Gasteiger partial charge is 0.192 e. The van der Waals surface area contributed by atoms with Crippen LogP contribution in [0, 0.1) is 18.3 Å². The highest BCUT2D eigenvalue weighted by Crippen LogP contribution is 2.45. The zero-order valence-electron chi connectivity index (χ0n) is 22.5. The maximum atomic E-state index is 8.88. The van der Waals surface area contributed by atoms with Gasteiger partial charge in [-0.25, -0.2) is 9.98 Å². The van der Waals surface area contributed by atoms with Crippen molar-refractivity contribution in [3.63, 3.8) is 0 Å². The molecule has 2 atom stereocenters. The number of para-hydroxylation sites is 2. The first-order valence-electron chi connectivity index (χ1n) is 14.2. The quantitative estimate of drug-likeness (QED) is 0.294. The molecule has 2 N–H and O–H groups in total. The summed E-state index contributed by atoms with van der Waals surface area (Å²) in [6.45, 7) is 5.22. The molecule has 3 saturated heterocycles. The highest BCUT2D eigenvalue weighted by Gasteiger charge is 2.44. The van der Waals surface area contributed by atoms with Gasteiger partial charge in [0.05, 0.1) is 17.1 Å². The molecule has 4 heterocycles. The Morgan fingerprint density at radius 1 is 1.03 bits per heavy atom. The summed E-state index contributed by atoms with van der Waals surface area (Å²) in [5.41, 5.74) is 10.2. The maximum Gasteiger partial charge on any atom is 0.192 e. The first kappa shape index (κ1) is 24.9. The van der Waals surface area contributed by atoms with Crippen molar-refractivity contribution in [3.05, 3.63) is 66.0 Å². The van der Waals surface area contributed by atoms with Crippen LogP contribution in [0.4, 0.5) is 0 Å². The lowest BCUT2D eigenvalue weighted by Crippen LogP contribution is -2.50. The molecule has 3 aromatic rings. The first-order chi connectivity index (χ1) is 18.6. The third-order valence-electron chi connectivity index (χ3n) is 9.59. The number of imidazole rings is 1. The summed E-state index contributed by atoms with van der Waals surface area (Å²) in [6.07, 6.45) is 8.35. The molecular formula is C31H39N7. The van der Waals surface area contributed by atoms with Gasteiger partial charge in [0.1, 0.15) is 12.4 Å². The summed E-state index contributed by atoms with van der Waals surface area (Å²) in [6, 6.07) is 23.6. The number of nitrogens with two attached hydrogens (primary N) is 1. The van der Waals surface area contributed by atoms with Gasteiger partial charge in [0.2, 0.25) is 0 Å². The molecule has 2 bridgehead atoms. The number of aliphatic imine (C=N–C) groups is 1. The van der Waals surface area contributed by atoms with Crippen LogP contribution in [-0.2, 0) is 5.41 Å². The maximum absolute atomic E-state index is 8.88. The molecule has 2 unspecified atom stereocenters. The number of aromatic nitrogens is 2. The molecule has 1 aromatic heterocycles. The molecule has 0 spiro atoms. The Labute approximate surface area is 226 Å². The number of aryl methyl sites for hydroxylation is 1. The van der Waals surface area contributed by atoms with E-state index < -0.39 is 0 Å². The van der Waals surface area contributed by atoms with E-state index in [1.807, 2.05) is 0 Å². The second-order valence-corrected chi connectivity index (χ2v) is 11.5. The van der Waals surface area contributed by atoms with E-state index in [2.05, 4.69) is 86.9 Å². The van der Waals surface area contributed by atoms with Crippen molar-refractivity contribution in [2.45, 2.75) is 75.4 Å². The standard InChI is InChI=1S/C31H39N7/c1-23-35-28-9-5-6-10-29(28)38(23)27-21-25-11-12-26(22-27)37(25)20-15-31(24-7-3-2-4-8-24)13-18-36(19-14-31)30(33)34-17-16-32/h2-10,25-27H,11-15,17-22H2,1H3,(H2,33,34). The van der Waals surface area contributed by atoms with E-state index in [-0.39, 0.29) is 12.0 Å². The number of nitrogens with zero attached hydrogens (tertiary/aromatic N) is 6. The summed E-state index contributed by atoms with van der Waals surface area (Å²) < 4.78 is 2.53. The molecule has 38 heavy (non-hydrogen) atoms. The third-order valence-corrected chi connectivity index (χ3v) is 9.59. The van der Waals surface area contributed by atoms with E-state index in [0.29, 0.717) is 24.1 Å². The number of fused-ring (bicyclic) bond motifs is 3. The van der Waals surface area contributed by atoms with Gasteiger partial charge in [-0.2, -0.15) is 5.26 Å². The zero-order valence-corrected chi connectivity index (χ0v) is 22.5. The van der Waals surface area contributed by atoms with Gasteiger partial charge in [-0.3, -0.25) is 4.90 Å². The van der Waals surface area contributed by atoms with Crippen LogP contribution in [0.5, 0.6) is 0 Å². The van der Waals surface area contributed by atoms with E-state index in [4.69, 9.17) is 16.0 Å². The van der Waals surface area contributed by atoms with Crippen molar-refractivity contribution in [3.8, 4) is 6.07 Å². The van der Waals surface area contributed by atoms with Crippen LogP contribution in [0.3, 0.4) is 0 Å². The Morgan fingerprint density at radius 2 is 1.71 bits per heavy atom. The van der Waals surface area contributed by atoms with Gasteiger partial charge in [-0.05, 0) is 81.5 Å². The summed E-state index contributed by atoms with van der Waals surface area (Å²) >= 11 is 0. The SMILES string of the molecule is Cc1nc2ccccc2n1C1CC2CCC(C1)N2CCC1(c2ccccc2)CCN(C(N)=NCC#N)CC1. The first-order valence-corrected chi connectivity index (χ1v) is 14.2. The molecule has 6 rings (SSSR count). The molecule has 3 aliphatic heterocycles. The molecule has 3 aliphatic rings. The van der Waals surface area contributed by atoms with Gasteiger partial charge in [0.15, 0.2) is 5.96 Å². The molecule has 0 radical (unpaired) electrons. The molecule has 7 heteroatoms. The summed E-state index contributed by atoms with van der Waals surface area (Å²) in [5, 5.41) is 8.88. The minimum atomic E-state index is 0.124. The minimum Gasteiger partial charge on any atom is -0.370 e. The Kier molecular flexibility index (Phi) is 6.84. The lowest BCUT2D eigenvalue weighted by Gasteiger charge is -2.46. The fraction of sp³-hybridized carbons (Fsp3) is 0.516. The predicted molar refractivity (Wildman–Crippen MR) is 152 cm³/mol. The molecular weight excluding hydrogens is 470 g/mol. The lowest BCUT2D eigenvalue weighted by molar-refractivity contribution is 0.0887. The minimum absolute atomic E-state index is 0.124. The number of likely N-dealkylation sites (tertiary alicyclic amines) is 1. The monoisotopic (exact) mass is 509 g/mol. The number of piperidine rings is 2.